The van der Waals surface area contributed by atoms with Gasteiger partial charge in [0.2, 0.25) is 5.89 Å². The fraction of sp³-hybridized carbons (Fsp3) is 0.545. The first-order valence-electron chi connectivity index (χ1n) is 10.4. The van der Waals surface area contributed by atoms with Gasteiger partial charge in [-0.2, -0.15) is 0 Å². The molecule has 0 bridgehead atoms. The minimum atomic E-state index is 0.496. The molecule has 28 heavy (non-hydrogen) atoms. The molecule has 152 valence electrons. The topological polar surface area (TPSA) is 65.7 Å². The van der Waals surface area contributed by atoms with Crippen LogP contribution in [-0.2, 0) is 6.54 Å². The van der Waals surface area contributed by atoms with Crippen molar-refractivity contribution in [2.75, 3.05) is 32.7 Å². The van der Waals surface area contributed by atoms with Crippen LogP contribution in [0.15, 0.2) is 39.9 Å². The molecule has 1 fully saturated rings. The summed E-state index contributed by atoms with van der Waals surface area (Å²) >= 11 is 0. The van der Waals surface area contributed by atoms with Crippen molar-refractivity contribution < 1.29 is 4.42 Å². The molecule has 0 spiro atoms. The van der Waals surface area contributed by atoms with Crippen molar-refractivity contribution in [2.45, 2.75) is 40.2 Å². The summed E-state index contributed by atoms with van der Waals surface area (Å²) in [5, 5.41) is 6.83. The zero-order chi connectivity index (χ0) is 19.8. The van der Waals surface area contributed by atoms with E-state index in [1.54, 1.807) is 6.26 Å². The Morgan fingerprint density at radius 1 is 1.25 bits per heavy atom. The number of likely N-dealkylation sites (tertiary alicyclic amines) is 1. The summed E-state index contributed by atoms with van der Waals surface area (Å²) in [5.41, 5.74) is 3.05. The molecule has 6 nitrogen and oxygen atoms in total. The predicted octanol–water partition coefficient (Wildman–Crippen LogP) is 3.44. The summed E-state index contributed by atoms with van der Waals surface area (Å²) < 4.78 is 5.64. The van der Waals surface area contributed by atoms with Gasteiger partial charge in [0.05, 0.1) is 6.54 Å². The molecule has 2 N–H and O–H groups in total. The summed E-state index contributed by atoms with van der Waals surface area (Å²) in [7, 11) is 0. The van der Waals surface area contributed by atoms with Gasteiger partial charge in [-0.05, 0) is 57.8 Å². The van der Waals surface area contributed by atoms with Gasteiger partial charge in [0.15, 0.2) is 5.96 Å². The van der Waals surface area contributed by atoms with Gasteiger partial charge >= 0.3 is 0 Å². The van der Waals surface area contributed by atoms with Gasteiger partial charge in [-0.15, -0.1) is 0 Å². The van der Waals surface area contributed by atoms with Crippen molar-refractivity contribution in [3.63, 3.8) is 0 Å². The first-order chi connectivity index (χ1) is 13.7. The normalized spacial score (nSPS) is 18.2. The molecule has 1 saturated heterocycles. The Morgan fingerprint density at radius 2 is 2.07 bits per heavy atom. The third-order valence-corrected chi connectivity index (χ3v) is 5.20. The smallest absolute Gasteiger partial charge is 0.226 e. The third-order valence-electron chi connectivity index (χ3n) is 5.20. The Morgan fingerprint density at radius 3 is 2.82 bits per heavy atom. The van der Waals surface area contributed by atoms with Crippen LogP contribution in [0.25, 0.3) is 11.5 Å². The number of hydrogen-bond acceptors (Lipinski definition) is 4. The molecule has 2 aromatic rings. The van der Waals surface area contributed by atoms with Crippen LogP contribution in [0.5, 0.6) is 0 Å². The highest BCUT2D eigenvalue weighted by Gasteiger charge is 2.18. The van der Waals surface area contributed by atoms with Crippen LogP contribution in [0.4, 0.5) is 0 Å². The van der Waals surface area contributed by atoms with Crippen molar-refractivity contribution in [3.05, 3.63) is 41.8 Å². The standard InChI is InChI=1S/C22H33N5O/c1-4-23-22(24-13-18-7-6-12-27(5-2)15-18)25-14-20-16-28-21(26-20)19-10-8-17(3)9-11-19/h8-11,16,18H,4-7,12-15H2,1-3H3,(H2,23,24,25). The Bertz CT molecular complexity index is 753. The number of oxazole rings is 1. The van der Waals surface area contributed by atoms with Crippen LogP contribution in [0.1, 0.15) is 37.9 Å². The highest BCUT2D eigenvalue weighted by atomic mass is 16.3. The van der Waals surface area contributed by atoms with Crippen LogP contribution >= 0.6 is 0 Å². The molecular formula is C22H33N5O. The molecule has 1 aliphatic heterocycles. The molecular weight excluding hydrogens is 350 g/mol. The summed E-state index contributed by atoms with van der Waals surface area (Å²) in [6.45, 7) is 12.2. The van der Waals surface area contributed by atoms with E-state index in [0.717, 1.165) is 36.9 Å². The first-order valence-corrected chi connectivity index (χ1v) is 10.4. The van der Waals surface area contributed by atoms with E-state index in [4.69, 9.17) is 4.42 Å². The lowest BCUT2D eigenvalue weighted by molar-refractivity contribution is 0.183. The lowest BCUT2D eigenvalue weighted by Crippen LogP contribution is -2.44. The minimum Gasteiger partial charge on any atom is -0.444 e. The monoisotopic (exact) mass is 383 g/mol. The molecule has 1 aliphatic rings. The fourth-order valence-electron chi connectivity index (χ4n) is 3.56. The van der Waals surface area contributed by atoms with Crippen molar-refractivity contribution in [1.29, 1.82) is 0 Å². The van der Waals surface area contributed by atoms with E-state index in [-0.39, 0.29) is 0 Å². The molecule has 0 radical (unpaired) electrons. The number of guanidine groups is 1. The van der Waals surface area contributed by atoms with Crippen LogP contribution in [0, 0.1) is 12.8 Å². The zero-order valence-electron chi connectivity index (χ0n) is 17.4. The second-order valence-electron chi connectivity index (χ2n) is 7.49. The quantitative estimate of drug-likeness (QED) is 0.566. The van der Waals surface area contributed by atoms with Crippen LogP contribution in [0.3, 0.4) is 0 Å². The second kappa shape index (κ2) is 10.3. The number of hydrogen-bond donors (Lipinski definition) is 2. The number of nitrogens with one attached hydrogen (secondary N) is 2. The zero-order valence-corrected chi connectivity index (χ0v) is 17.4. The van der Waals surface area contributed by atoms with E-state index in [0.29, 0.717) is 18.4 Å². The average molecular weight is 384 g/mol. The number of benzene rings is 1. The van der Waals surface area contributed by atoms with Gasteiger partial charge in [0.1, 0.15) is 12.0 Å². The SMILES string of the molecule is CCNC(=NCc1coc(-c2ccc(C)cc2)n1)NCC1CCCN(CC)C1. The van der Waals surface area contributed by atoms with Crippen molar-refractivity contribution in [1.82, 2.24) is 20.5 Å². The van der Waals surface area contributed by atoms with Crippen molar-refractivity contribution >= 4 is 5.96 Å². The molecule has 0 saturated carbocycles. The van der Waals surface area contributed by atoms with Crippen molar-refractivity contribution in [3.8, 4) is 11.5 Å². The fourth-order valence-corrected chi connectivity index (χ4v) is 3.56. The van der Waals surface area contributed by atoms with Crippen LogP contribution < -0.4 is 10.6 Å². The summed E-state index contributed by atoms with van der Waals surface area (Å²) in [5.74, 6) is 2.17. The first kappa shape index (κ1) is 20.4. The molecule has 3 rings (SSSR count). The molecule has 0 aliphatic carbocycles. The minimum absolute atomic E-state index is 0.496. The summed E-state index contributed by atoms with van der Waals surface area (Å²) in [6, 6.07) is 8.19. The van der Waals surface area contributed by atoms with Crippen LogP contribution in [0.2, 0.25) is 0 Å². The van der Waals surface area contributed by atoms with Crippen LogP contribution in [-0.4, -0.2) is 48.6 Å². The Labute approximate surface area is 168 Å². The van der Waals surface area contributed by atoms with Gasteiger partial charge in [0, 0.05) is 25.2 Å². The van der Waals surface area contributed by atoms with Gasteiger partial charge in [-0.25, -0.2) is 9.98 Å². The molecule has 1 unspecified atom stereocenters. The largest absolute Gasteiger partial charge is 0.444 e. The third kappa shape index (κ3) is 5.83. The molecule has 1 atom stereocenters. The molecule has 0 amide bonds. The number of piperidine rings is 1. The Hall–Kier alpha value is -2.34. The highest BCUT2D eigenvalue weighted by molar-refractivity contribution is 5.79. The maximum absolute atomic E-state index is 5.64. The van der Waals surface area contributed by atoms with E-state index in [1.165, 1.54) is 31.5 Å². The Balaban J connectivity index is 1.56. The maximum Gasteiger partial charge on any atom is 0.226 e. The molecule has 1 aromatic carbocycles. The summed E-state index contributed by atoms with van der Waals surface area (Å²) in [4.78, 5) is 11.8. The number of aromatic nitrogens is 1. The molecule has 6 heteroatoms. The molecule has 1 aromatic heterocycles. The maximum atomic E-state index is 5.64. The Kier molecular flexibility index (Phi) is 7.48. The van der Waals surface area contributed by atoms with Crippen molar-refractivity contribution in [2.24, 2.45) is 10.9 Å². The number of nitrogens with zero attached hydrogens (tertiary/aromatic N) is 3. The van der Waals surface area contributed by atoms with Gasteiger partial charge in [-0.1, -0.05) is 24.6 Å². The summed E-state index contributed by atoms with van der Waals surface area (Å²) in [6.07, 6.45) is 4.27. The van der Waals surface area contributed by atoms with E-state index in [9.17, 15) is 0 Å². The lowest BCUT2D eigenvalue weighted by Gasteiger charge is -2.32. The second-order valence-corrected chi connectivity index (χ2v) is 7.49. The van der Waals surface area contributed by atoms with E-state index >= 15 is 0 Å². The van der Waals surface area contributed by atoms with E-state index < -0.39 is 0 Å². The lowest BCUT2D eigenvalue weighted by atomic mass is 9.98. The highest BCUT2D eigenvalue weighted by Crippen LogP contribution is 2.19. The predicted molar refractivity (Wildman–Crippen MR) is 114 cm³/mol. The molecule has 2 heterocycles. The van der Waals surface area contributed by atoms with E-state index in [2.05, 4.69) is 58.4 Å². The average Bonchev–Trinajstić information content (AvgIpc) is 3.20. The van der Waals surface area contributed by atoms with E-state index in [1.807, 2.05) is 12.1 Å². The van der Waals surface area contributed by atoms with Gasteiger partial charge < -0.3 is 20.0 Å². The number of aliphatic imine (C=N–C) groups is 1. The number of aryl methyl sites for hydroxylation is 1. The van der Waals surface area contributed by atoms with Gasteiger partial charge in [0.25, 0.3) is 0 Å². The number of rotatable bonds is 7. The van der Waals surface area contributed by atoms with Gasteiger partial charge in [-0.3, -0.25) is 0 Å².